The molecule has 2 rings (SSSR count). The summed E-state index contributed by atoms with van der Waals surface area (Å²) < 4.78 is 31.5. The van der Waals surface area contributed by atoms with Crippen molar-refractivity contribution < 1.29 is 17.9 Å². The van der Waals surface area contributed by atoms with Crippen molar-refractivity contribution in [2.45, 2.75) is 6.42 Å². The van der Waals surface area contributed by atoms with Gasteiger partial charge in [-0.25, -0.2) is 8.42 Å². The molecule has 1 N–H and O–H groups in total. The normalized spacial score (nSPS) is 15.8. The summed E-state index contributed by atoms with van der Waals surface area (Å²) in [5.74, 6) is -0.300. The van der Waals surface area contributed by atoms with Gasteiger partial charge < -0.3 is 10.1 Å². The summed E-state index contributed by atoms with van der Waals surface area (Å²) >= 11 is 2.15. The zero-order valence-corrected chi connectivity index (χ0v) is 17.3. The molecule has 25 heavy (non-hydrogen) atoms. The van der Waals surface area contributed by atoms with E-state index in [1.165, 1.54) is 0 Å². The first-order valence-electron chi connectivity index (χ1n) is 8.16. The van der Waals surface area contributed by atoms with E-state index in [0.29, 0.717) is 12.2 Å². The lowest BCUT2D eigenvalue weighted by Crippen LogP contribution is -2.41. The fourth-order valence-corrected chi connectivity index (χ4v) is 3.76. The molecule has 0 aliphatic carbocycles. The van der Waals surface area contributed by atoms with Gasteiger partial charge in [-0.1, -0.05) is 0 Å². The number of hydrogen-bond donors (Lipinski definition) is 1. The number of rotatable bonds is 8. The number of ether oxygens (including phenoxy) is 1. The Morgan fingerprint density at radius 3 is 2.52 bits per heavy atom. The van der Waals surface area contributed by atoms with Crippen LogP contribution in [-0.2, 0) is 19.6 Å². The SMILES string of the molecule is CS(=O)(=O)N(CC(=O)NCCCN1CCOCC1)c1ccc(I)cc1. The molecule has 1 fully saturated rings. The van der Waals surface area contributed by atoms with Gasteiger partial charge in [-0.3, -0.25) is 14.0 Å². The highest BCUT2D eigenvalue weighted by Crippen LogP contribution is 2.18. The molecule has 0 spiro atoms. The zero-order chi connectivity index (χ0) is 18.3. The maximum absolute atomic E-state index is 12.1. The van der Waals surface area contributed by atoms with E-state index in [2.05, 4.69) is 32.8 Å². The van der Waals surface area contributed by atoms with Crippen molar-refractivity contribution in [2.75, 3.05) is 56.5 Å². The molecule has 0 saturated carbocycles. The van der Waals surface area contributed by atoms with E-state index in [1.807, 2.05) is 12.1 Å². The predicted molar refractivity (Wildman–Crippen MR) is 106 cm³/mol. The number of morpholine rings is 1. The van der Waals surface area contributed by atoms with E-state index < -0.39 is 10.0 Å². The molecule has 9 heteroatoms. The number of anilines is 1. The van der Waals surface area contributed by atoms with Gasteiger partial charge in [-0.15, -0.1) is 0 Å². The van der Waals surface area contributed by atoms with Crippen LogP contribution >= 0.6 is 22.6 Å². The molecule has 1 saturated heterocycles. The Kier molecular flexibility index (Phi) is 7.91. The Balaban J connectivity index is 1.82. The first-order valence-corrected chi connectivity index (χ1v) is 11.1. The zero-order valence-electron chi connectivity index (χ0n) is 14.3. The lowest BCUT2D eigenvalue weighted by molar-refractivity contribution is -0.119. The summed E-state index contributed by atoms with van der Waals surface area (Å²) in [6, 6.07) is 7.03. The average molecular weight is 481 g/mol. The van der Waals surface area contributed by atoms with E-state index in [1.54, 1.807) is 12.1 Å². The standard InChI is InChI=1S/C16H24IN3O4S/c1-25(22,23)20(15-5-3-14(17)4-6-15)13-16(21)18-7-2-8-19-9-11-24-12-10-19/h3-6H,2,7-13H2,1H3,(H,18,21). The molecule has 140 valence electrons. The molecule has 0 radical (unpaired) electrons. The van der Waals surface area contributed by atoms with Crippen molar-refractivity contribution >= 4 is 44.2 Å². The molecule has 1 aliphatic rings. The average Bonchev–Trinajstić information content (AvgIpc) is 2.57. The monoisotopic (exact) mass is 481 g/mol. The third-order valence-electron chi connectivity index (χ3n) is 3.88. The number of nitrogens with one attached hydrogen (secondary N) is 1. The number of carbonyl (C=O) groups is 1. The van der Waals surface area contributed by atoms with Crippen LogP contribution in [0.4, 0.5) is 5.69 Å². The third kappa shape index (κ3) is 7.08. The van der Waals surface area contributed by atoms with Crippen LogP contribution in [0.2, 0.25) is 0 Å². The summed E-state index contributed by atoms with van der Waals surface area (Å²) in [7, 11) is -3.53. The topological polar surface area (TPSA) is 79.0 Å². The van der Waals surface area contributed by atoms with Crippen LogP contribution in [0.25, 0.3) is 0 Å². The van der Waals surface area contributed by atoms with Crippen LogP contribution in [0, 0.1) is 3.57 Å². The molecule has 0 bridgehead atoms. The summed E-state index contributed by atoms with van der Waals surface area (Å²) in [4.78, 5) is 14.4. The molecule has 1 amide bonds. The number of sulfonamides is 1. The minimum absolute atomic E-state index is 0.211. The number of nitrogens with zero attached hydrogens (tertiary/aromatic N) is 2. The second-order valence-electron chi connectivity index (χ2n) is 5.90. The second kappa shape index (κ2) is 9.70. The lowest BCUT2D eigenvalue weighted by atomic mass is 10.3. The minimum Gasteiger partial charge on any atom is -0.379 e. The summed E-state index contributed by atoms with van der Waals surface area (Å²) in [5, 5.41) is 2.80. The van der Waals surface area contributed by atoms with E-state index in [-0.39, 0.29) is 12.5 Å². The van der Waals surface area contributed by atoms with Crippen molar-refractivity contribution in [2.24, 2.45) is 0 Å². The molecule has 0 unspecified atom stereocenters. The van der Waals surface area contributed by atoms with Gasteiger partial charge in [0.15, 0.2) is 0 Å². The van der Waals surface area contributed by atoms with Crippen LogP contribution in [0.3, 0.4) is 0 Å². The summed E-state index contributed by atoms with van der Waals surface area (Å²) in [5.41, 5.74) is 0.492. The Morgan fingerprint density at radius 1 is 1.28 bits per heavy atom. The highest BCUT2D eigenvalue weighted by Gasteiger charge is 2.20. The third-order valence-corrected chi connectivity index (χ3v) is 5.74. The fourth-order valence-electron chi connectivity index (χ4n) is 2.55. The number of carbonyl (C=O) groups excluding carboxylic acids is 1. The molecule has 1 heterocycles. The van der Waals surface area contributed by atoms with E-state index in [9.17, 15) is 13.2 Å². The highest BCUT2D eigenvalue weighted by molar-refractivity contribution is 14.1. The van der Waals surface area contributed by atoms with Gasteiger partial charge in [0, 0.05) is 23.2 Å². The van der Waals surface area contributed by atoms with Gasteiger partial charge in [0.1, 0.15) is 6.54 Å². The van der Waals surface area contributed by atoms with Gasteiger partial charge in [-0.2, -0.15) is 0 Å². The van der Waals surface area contributed by atoms with Crippen LogP contribution in [-0.4, -0.2) is 71.4 Å². The van der Waals surface area contributed by atoms with Crippen molar-refractivity contribution in [1.82, 2.24) is 10.2 Å². The first-order chi connectivity index (χ1) is 11.9. The Labute approximate surface area is 162 Å². The molecular weight excluding hydrogens is 457 g/mol. The number of hydrogen-bond acceptors (Lipinski definition) is 5. The minimum atomic E-state index is -3.53. The molecular formula is C16H24IN3O4S. The van der Waals surface area contributed by atoms with Crippen molar-refractivity contribution in [3.63, 3.8) is 0 Å². The number of halogens is 1. The second-order valence-corrected chi connectivity index (χ2v) is 9.06. The summed E-state index contributed by atoms with van der Waals surface area (Å²) in [6.07, 6.45) is 1.94. The molecule has 7 nitrogen and oxygen atoms in total. The predicted octanol–water partition coefficient (Wildman–Crippen LogP) is 0.896. The molecule has 1 aromatic carbocycles. The first kappa shape index (κ1) is 20.4. The highest BCUT2D eigenvalue weighted by atomic mass is 127. The maximum atomic E-state index is 12.1. The Morgan fingerprint density at radius 2 is 1.92 bits per heavy atom. The Bertz CT molecular complexity index is 660. The maximum Gasteiger partial charge on any atom is 0.240 e. The molecule has 1 aromatic rings. The van der Waals surface area contributed by atoms with Crippen LogP contribution in [0.15, 0.2) is 24.3 Å². The van der Waals surface area contributed by atoms with Gasteiger partial charge in [-0.05, 0) is 59.8 Å². The van der Waals surface area contributed by atoms with Crippen molar-refractivity contribution in [3.05, 3.63) is 27.8 Å². The van der Waals surface area contributed by atoms with E-state index in [4.69, 9.17) is 4.74 Å². The molecule has 1 aliphatic heterocycles. The summed E-state index contributed by atoms with van der Waals surface area (Å²) in [6.45, 7) is 4.57. The van der Waals surface area contributed by atoms with Crippen molar-refractivity contribution in [1.29, 1.82) is 0 Å². The van der Waals surface area contributed by atoms with Gasteiger partial charge in [0.25, 0.3) is 0 Å². The largest absolute Gasteiger partial charge is 0.379 e. The smallest absolute Gasteiger partial charge is 0.240 e. The number of amides is 1. The van der Waals surface area contributed by atoms with Gasteiger partial charge >= 0.3 is 0 Å². The van der Waals surface area contributed by atoms with Crippen molar-refractivity contribution in [3.8, 4) is 0 Å². The molecule has 0 atom stereocenters. The van der Waals surface area contributed by atoms with Crippen LogP contribution < -0.4 is 9.62 Å². The molecule has 0 aromatic heterocycles. The quantitative estimate of drug-likeness (QED) is 0.441. The number of benzene rings is 1. The van der Waals surface area contributed by atoms with Crippen LogP contribution in [0.5, 0.6) is 0 Å². The Hall–Kier alpha value is -0.910. The fraction of sp³-hybridized carbons (Fsp3) is 0.562. The van der Waals surface area contributed by atoms with Gasteiger partial charge in [0.05, 0.1) is 25.2 Å². The lowest BCUT2D eigenvalue weighted by Gasteiger charge is -2.26. The van der Waals surface area contributed by atoms with E-state index >= 15 is 0 Å². The van der Waals surface area contributed by atoms with Gasteiger partial charge in [0.2, 0.25) is 15.9 Å². The van der Waals surface area contributed by atoms with Crippen LogP contribution in [0.1, 0.15) is 6.42 Å². The van der Waals surface area contributed by atoms with E-state index in [0.717, 1.165) is 53.4 Å².